The summed E-state index contributed by atoms with van der Waals surface area (Å²) < 4.78 is 5.41. The van der Waals surface area contributed by atoms with Crippen molar-refractivity contribution < 1.29 is 9.53 Å². The molecule has 0 aromatic heterocycles. The van der Waals surface area contributed by atoms with Gasteiger partial charge in [-0.15, -0.1) is 0 Å². The maximum atomic E-state index is 11.8. The van der Waals surface area contributed by atoms with Crippen LogP contribution < -0.4 is 0 Å². The fraction of sp³-hybridized carbons (Fsp3) is 0.467. The number of hydrogen-bond acceptors (Lipinski definition) is 3. The van der Waals surface area contributed by atoms with Gasteiger partial charge in [0.05, 0.1) is 5.71 Å². The number of amides is 1. The summed E-state index contributed by atoms with van der Waals surface area (Å²) in [7, 11) is 0. The molecular weight excluding hydrogens is 258 g/mol. The predicted octanol–water partition coefficient (Wildman–Crippen LogP) is 3.92. The minimum absolute atomic E-state index is 0.0476. The van der Waals surface area contributed by atoms with Gasteiger partial charge >= 0.3 is 6.09 Å². The molecule has 102 valence electrons. The Morgan fingerprint density at radius 3 is 2.63 bits per heavy atom. The minimum atomic E-state index is -0.447. The molecule has 1 saturated heterocycles. The molecule has 0 spiro atoms. The Morgan fingerprint density at radius 2 is 2.00 bits per heavy atom. The first-order valence-electron chi connectivity index (χ1n) is 6.71. The molecular formula is C15H19NO2S. The number of benzene rings is 1. The Kier molecular flexibility index (Phi) is 5.45. The summed E-state index contributed by atoms with van der Waals surface area (Å²) in [5, 5.41) is 0. The highest BCUT2D eigenvalue weighted by Gasteiger charge is 2.18. The highest BCUT2D eigenvalue weighted by molar-refractivity contribution is 7.99. The SMILES string of the molecule is CCC(=NC(=O)OC1CCSCC1)c1ccccc1. The molecule has 0 unspecified atom stereocenters. The number of carbonyl (C=O) groups excluding carboxylic acids is 1. The summed E-state index contributed by atoms with van der Waals surface area (Å²) in [5.74, 6) is 2.14. The lowest BCUT2D eigenvalue weighted by Crippen LogP contribution is -2.22. The zero-order valence-corrected chi connectivity index (χ0v) is 12.0. The second-order valence-electron chi connectivity index (χ2n) is 4.47. The first-order chi connectivity index (χ1) is 9.29. The summed E-state index contributed by atoms with van der Waals surface area (Å²) >= 11 is 1.91. The highest BCUT2D eigenvalue weighted by Crippen LogP contribution is 2.20. The topological polar surface area (TPSA) is 38.7 Å². The van der Waals surface area contributed by atoms with Gasteiger partial charge in [-0.2, -0.15) is 16.8 Å². The summed E-state index contributed by atoms with van der Waals surface area (Å²) in [6.07, 6.45) is 2.21. The fourth-order valence-corrected chi connectivity index (χ4v) is 3.11. The normalized spacial score (nSPS) is 17.2. The molecule has 0 aliphatic carbocycles. The lowest BCUT2D eigenvalue weighted by Gasteiger charge is -2.20. The van der Waals surface area contributed by atoms with Crippen LogP contribution in [0.25, 0.3) is 0 Å². The second kappa shape index (κ2) is 7.34. The van der Waals surface area contributed by atoms with Crippen LogP contribution in [0, 0.1) is 0 Å². The van der Waals surface area contributed by atoms with Crippen LogP contribution in [0.2, 0.25) is 0 Å². The van der Waals surface area contributed by atoms with Crippen molar-refractivity contribution in [2.45, 2.75) is 32.3 Å². The van der Waals surface area contributed by atoms with Gasteiger partial charge in [-0.1, -0.05) is 37.3 Å². The van der Waals surface area contributed by atoms with Gasteiger partial charge in [0.15, 0.2) is 0 Å². The molecule has 1 aromatic rings. The van der Waals surface area contributed by atoms with E-state index in [1.807, 2.05) is 49.0 Å². The quantitative estimate of drug-likeness (QED) is 0.786. The zero-order chi connectivity index (χ0) is 13.5. The average molecular weight is 277 g/mol. The van der Waals surface area contributed by atoms with Crippen LogP contribution in [0.15, 0.2) is 35.3 Å². The molecule has 0 saturated carbocycles. The Hall–Kier alpha value is -1.29. The number of carbonyl (C=O) groups is 1. The number of aliphatic imine (C=N–C) groups is 1. The summed E-state index contributed by atoms with van der Waals surface area (Å²) in [6, 6.07) is 9.78. The van der Waals surface area contributed by atoms with Crippen molar-refractivity contribution in [3.8, 4) is 0 Å². The zero-order valence-electron chi connectivity index (χ0n) is 11.2. The van der Waals surface area contributed by atoms with E-state index in [1.165, 1.54) is 0 Å². The molecule has 0 atom stereocenters. The van der Waals surface area contributed by atoms with Gasteiger partial charge in [-0.05, 0) is 36.3 Å². The number of rotatable bonds is 3. The molecule has 0 bridgehead atoms. The van der Waals surface area contributed by atoms with Gasteiger partial charge in [-0.3, -0.25) is 0 Å². The summed E-state index contributed by atoms with van der Waals surface area (Å²) in [5.41, 5.74) is 1.77. The highest BCUT2D eigenvalue weighted by atomic mass is 32.2. The monoisotopic (exact) mass is 277 g/mol. The fourth-order valence-electron chi connectivity index (χ4n) is 2.05. The smallest absolute Gasteiger partial charge is 0.434 e. The van der Waals surface area contributed by atoms with Crippen molar-refractivity contribution in [2.75, 3.05) is 11.5 Å². The third-order valence-corrected chi connectivity index (χ3v) is 4.15. The van der Waals surface area contributed by atoms with Crippen molar-refractivity contribution in [1.29, 1.82) is 0 Å². The molecule has 1 amide bonds. The summed E-state index contributed by atoms with van der Waals surface area (Å²) in [4.78, 5) is 15.9. The van der Waals surface area contributed by atoms with Gasteiger partial charge in [0, 0.05) is 0 Å². The molecule has 1 aliphatic heterocycles. The Labute approximate surface area is 118 Å². The molecule has 1 heterocycles. The van der Waals surface area contributed by atoms with Crippen LogP contribution in [0.5, 0.6) is 0 Å². The summed E-state index contributed by atoms with van der Waals surface area (Å²) in [6.45, 7) is 2.00. The van der Waals surface area contributed by atoms with Gasteiger partial charge in [0.25, 0.3) is 0 Å². The maximum absolute atomic E-state index is 11.8. The molecule has 2 rings (SSSR count). The van der Waals surface area contributed by atoms with Crippen molar-refractivity contribution in [1.82, 2.24) is 0 Å². The molecule has 1 aromatic carbocycles. The molecule has 0 radical (unpaired) electrons. The van der Waals surface area contributed by atoms with E-state index in [9.17, 15) is 4.79 Å². The molecule has 0 N–H and O–H groups in total. The number of nitrogens with zero attached hydrogens (tertiary/aromatic N) is 1. The van der Waals surface area contributed by atoms with Crippen molar-refractivity contribution in [3.05, 3.63) is 35.9 Å². The molecule has 1 aliphatic rings. The lowest BCUT2D eigenvalue weighted by molar-refractivity contribution is 0.102. The molecule has 3 nitrogen and oxygen atoms in total. The largest absolute Gasteiger partial charge is 0.445 e. The van der Waals surface area contributed by atoms with Gasteiger partial charge in [-0.25, -0.2) is 4.79 Å². The van der Waals surface area contributed by atoms with Crippen LogP contribution in [0.4, 0.5) is 4.79 Å². The Balaban J connectivity index is 1.99. The standard InChI is InChI=1S/C15H19NO2S/c1-2-14(12-6-4-3-5-7-12)16-15(17)18-13-8-10-19-11-9-13/h3-7,13H,2,8-11H2,1H3. The number of thioether (sulfide) groups is 1. The van der Waals surface area contributed by atoms with Gasteiger partial charge in [0.2, 0.25) is 0 Å². The van der Waals surface area contributed by atoms with E-state index in [1.54, 1.807) is 0 Å². The van der Waals surface area contributed by atoms with E-state index in [-0.39, 0.29) is 6.10 Å². The molecule has 4 heteroatoms. The first-order valence-corrected chi connectivity index (χ1v) is 7.86. The average Bonchev–Trinajstić information content (AvgIpc) is 2.47. The van der Waals surface area contributed by atoms with Crippen molar-refractivity contribution in [2.24, 2.45) is 4.99 Å². The second-order valence-corrected chi connectivity index (χ2v) is 5.70. The van der Waals surface area contributed by atoms with Crippen molar-refractivity contribution in [3.63, 3.8) is 0 Å². The van der Waals surface area contributed by atoms with Crippen LogP contribution in [0.1, 0.15) is 31.7 Å². The Bertz CT molecular complexity index is 439. The molecule has 19 heavy (non-hydrogen) atoms. The van der Waals surface area contributed by atoms with Gasteiger partial charge < -0.3 is 4.74 Å². The predicted molar refractivity (Wildman–Crippen MR) is 80.1 cm³/mol. The van der Waals surface area contributed by atoms with Crippen LogP contribution in [0.3, 0.4) is 0 Å². The third-order valence-electron chi connectivity index (χ3n) is 3.10. The van der Waals surface area contributed by atoms with E-state index in [0.717, 1.165) is 42.0 Å². The number of hydrogen-bond donors (Lipinski definition) is 0. The number of ether oxygens (including phenoxy) is 1. The first kappa shape index (κ1) is 14.1. The van der Waals surface area contributed by atoms with E-state index >= 15 is 0 Å². The van der Waals surface area contributed by atoms with Crippen LogP contribution >= 0.6 is 11.8 Å². The van der Waals surface area contributed by atoms with E-state index in [0.29, 0.717) is 0 Å². The minimum Gasteiger partial charge on any atom is -0.445 e. The maximum Gasteiger partial charge on any atom is 0.434 e. The van der Waals surface area contributed by atoms with E-state index in [4.69, 9.17) is 4.74 Å². The van der Waals surface area contributed by atoms with Crippen LogP contribution in [-0.4, -0.2) is 29.4 Å². The van der Waals surface area contributed by atoms with Crippen molar-refractivity contribution >= 4 is 23.6 Å². The van der Waals surface area contributed by atoms with E-state index < -0.39 is 6.09 Å². The third kappa shape index (κ3) is 4.39. The van der Waals surface area contributed by atoms with E-state index in [2.05, 4.69) is 4.99 Å². The van der Waals surface area contributed by atoms with Gasteiger partial charge in [0.1, 0.15) is 6.10 Å². The Morgan fingerprint density at radius 1 is 1.32 bits per heavy atom. The molecule has 1 fully saturated rings. The van der Waals surface area contributed by atoms with Crippen LogP contribution in [-0.2, 0) is 4.74 Å². The lowest BCUT2D eigenvalue weighted by atomic mass is 10.1.